The van der Waals surface area contributed by atoms with Gasteiger partial charge in [0.25, 0.3) is 0 Å². The molecule has 1 saturated heterocycles. The van der Waals surface area contributed by atoms with Crippen LogP contribution in [0.3, 0.4) is 0 Å². The summed E-state index contributed by atoms with van der Waals surface area (Å²) in [4.78, 5) is 13.4. The molecule has 0 unspecified atom stereocenters. The first-order valence-corrected chi connectivity index (χ1v) is 6.24. The van der Waals surface area contributed by atoms with Gasteiger partial charge in [-0.2, -0.15) is 0 Å². The van der Waals surface area contributed by atoms with Crippen LogP contribution < -0.4 is 0 Å². The average Bonchev–Trinajstić information content (AvgIpc) is 2.83. The van der Waals surface area contributed by atoms with E-state index in [0.29, 0.717) is 13.1 Å². The van der Waals surface area contributed by atoms with Gasteiger partial charge in [-0.1, -0.05) is 30.3 Å². The Hall–Kier alpha value is -1.49. The third-order valence-corrected chi connectivity index (χ3v) is 3.52. The van der Waals surface area contributed by atoms with E-state index in [1.165, 1.54) is 7.11 Å². The standard InChI is InChI=1S/C14H17F2NO2/c1-19-14(18)12-9-17(8-11(12)13(15)16)7-10-5-3-2-4-6-10/h2-6,11-13H,7-9H2,1H3/t11-,12-/m0/s1. The van der Waals surface area contributed by atoms with E-state index in [0.717, 1.165) is 5.56 Å². The van der Waals surface area contributed by atoms with Crippen LogP contribution in [0.4, 0.5) is 8.78 Å². The largest absolute Gasteiger partial charge is 0.469 e. The number of likely N-dealkylation sites (tertiary alicyclic amines) is 1. The molecule has 0 saturated carbocycles. The van der Waals surface area contributed by atoms with Crippen molar-refractivity contribution >= 4 is 5.97 Å². The number of alkyl halides is 2. The Balaban J connectivity index is 2.03. The second-order valence-electron chi connectivity index (χ2n) is 4.81. The lowest BCUT2D eigenvalue weighted by molar-refractivity contribution is -0.148. The van der Waals surface area contributed by atoms with Gasteiger partial charge < -0.3 is 4.74 Å². The highest BCUT2D eigenvalue weighted by Gasteiger charge is 2.43. The number of rotatable bonds is 4. The van der Waals surface area contributed by atoms with Gasteiger partial charge in [0.05, 0.1) is 13.0 Å². The van der Waals surface area contributed by atoms with Gasteiger partial charge in [-0.25, -0.2) is 8.78 Å². The Morgan fingerprint density at radius 2 is 2.05 bits per heavy atom. The van der Waals surface area contributed by atoms with Gasteiger partial charge in [0.15, 0.2) is 0 Å². The Morgan fingerprint density at radius 3 is 2.63 bits per heavy atom. The van der Waals surface area contributed by atoms with Crippen LogP contribution >= 0.6 is 0 Å². The number of methoxy groups -OCH3 is 1. The first kappa shape index (κ1) is 13.9. The molecule has 0 bridgehead atoms. The number of hydrogen-bond donors (Lipinski definition) is 0. The molecular formula is C14H17F2NO2. The Morgan fingerprint density at radius 1 is 1.37 bits per heavy atom. The fraction of sp³-hybridized carbons (Fsp3) is 0.500. The highest BCUT2D eigenvalue weighted by Crippen LogP contribution is 2.30. The number of carbonyl (C=O) groups is 1. The molecule has 2 atom stereocenters. The van der Waals surface area contributed by atoms with Crippen molar-refractivity contribution in [1.82, 2.24) is 4.90 Å². The van der Waals surface area contributed by atoms with Crippen molar-refractivity contribution in [3.05, 3.63) is 35.9 Å². The molecule has 104 valence electrons. The average molecular weight is 269 g/mol. The number of halogens is 2. The molecule has 3 nitrogen and oxygen atoms in total. The molecule has 1 fully saturated rings. The predicted octanol–water partition coefficient (Wildman–Crippen LogP) is 2.17. The molecule has 0 aromatic heterocycles. The summed E-state index contributed by atoms with van der Waals surface area (Å²) in [5.74, 6) is -2.20. The van der Waals surface area contributed by atoms with Crippen molar-refractivity contribution in [3.63, 3.8) is 0 Å². The van der Waals surface area contributed by atoms with E-state index >= 15 is 0 Å². The molecule has 0 aliphatic carbocycles. The first-order valence-electron chi connectivity index (χ1n) is 6.24. The van der Waals surface area contributed by atoms with E-state index < -0.39 is 24.2 Å². The van der Waals surface area contributed by atoms with Gasteiger partial charge in [0.1, 0.15) is 0 Å². The van der Waals surface area contributed by atoms with Gasteiger partial charge >= 0.3 is 5.97 Å². The van der Waals surface area contributed by atoms with E-state index in [-0.39, 0.29) is 6.54 Å². The van der Waals surface area contributed by atoms with Crippen molar-refractivity contribution in [3.8, 4) is 0 Å². The fourth-order valence-corrected chi connectivity index (χ4v) is 2.54. The maximum atomic E-state index is 13.0. The molecule has 1 aromatic rings. The molecular weight excluding hydrogens is 252 g/mol. The highest BCUT2D eigenvalue weighted by atomic mass is 19.3. The zero-order valence-electron chi connectivity index (χ0n) is 10.8. The van der Waals surface area contributed by atoms with Crippen molar-refractivity contribution in [2.24, 2.45) is 11.8 Å². The minimum absolute atomic E-state index is 0.228. The molecule has 1 aliphatic rings. The Kier molecular flexibility index (Phi) is 4.47. The van der Waals surface area contributed by atoms with Crippen LogP contribution in [-0.2, 0) is 16.1 Å². The number of ether oxygens (including phenoxy) is 1. The van der Waals surface area contributed by atoms with Crippen LogP contribution in [0.2, 0.25) is 0 Å². The lowest BCUT2D eigenvalue weighted by Gasteiger charge is -2.15. The summed E-state index contributed by atoms with van der Waals surface area (Å²) in [5.41, 5.74) is 1.06. The van der Waals surface area contributed by atoms with Crippen molar-refractivity contribution in [2.45, 2.75) is 13.0 Å². The molecule has 1 heterocycles. The zero-order valence-corrected chi connectivity index (χ0v) is 10.8. The third kappa shape index (κ3) is 3.29. The Labute approximate surface area is 111 Å². The SMILES string of the molecule is COC(=O)[C@H]1CN(Cc2ccccc2)C[C@@H]1C(F)F. The number of hydrogen-bond acceptors (Lipinski definition) is 3. The zero-order chi connectivity index (χ0) is 13.8. The first-order chi connectivity index (χ1) is 9.11. The van der Waals surface area contributed by atoms with Gasteiger partial charge in [-0.3, -0.25) is 9.69 Å². The summed E-state index contributed by atoms with van der Waals surface area (Å²) in [5, 5.41) is 0. The van der Waals surface area contributed by atoms with E-state index in [2.05, 4.69) is 4.74 Å². The predicted molar refractivity (Wildman–Crippen MR) is 66.7 cm³/mol. The topological polar surface area (TPSA) is 29.5 Å². The Bertz CT molecular complexity index is 425. The van der Waals surface area contributed by atoms with Crippen LogP contribution in [0, 0.1) is 11.8 Å². The summed E-state index contributed by atoms with van der Waals surface area (Å²) >= 11 is 0. The normalized spacial score (nSPS) is 23.8. The van der Waals surface area contributed by atoms with Crippen LogP contribution in [0.25, 0.3) is 0 Å². The van der Waals surface area contributed by atoms with Crippen LogP contribution in [0.15, 0.2) is 30.3 Å². The second-order valence-corrected chi connectivity index (χ2v) is 4.81. The smallest absolute Gasteiger partial charge is 0.310 e. The maximum Gasteiger partial charge on any atom is 0.310 e. The molecule has 0 radical (unpaired) electrons. The summed E-state index contributed by atoms with van der Waals surface area (Å²) in [7, 11) is 1.24. The summed E-state index contributed by atoms with van der Waals surface area (Å²) in [6, 6.07) is 9.62. The second kappa shape index (κ2) is 6.10. The van der Waals surface area contributed by atoms with Crippen LogP contribution in [-0.4, -0.2) is 37.5 Å². The summed E-state index contributed by atoms with van der Waals surface area (Å²) in [6.45, 7) is 1.14. The third-order valence-electron chi connectivity index (χ3n) is 3.52. The van der Waals surface area contributed by atoms with Crippen molar-refractivity contribution in [1.29, 1.82) is 0 Å². The minimum Gasteiger partial charge on any atom is -0.469 e. The molecule has 0 amide bonds. The van der Waals surface area contributed by atoms with Gasteiger partial charge in [-0.05, 0) is 5.56 Å². The lowest BCUT2D eigenvalue weighted by atomic mass is 9.97. The fourth-order valence-electron chi connectivity index (χ4n) is 2.54. The lowest BCUT2D eigenvalue weighted by Crippen LogP contribution is -2.28. The van der Waals surface area contributed by atoms with Crippen molar-refractivity contribution in [2.75, 3.05) is 20.2 Å². The molecule has 1 aliphatic heterocycles. The number of nitrogens with zero attached hydrogens (tertiary/aromatic N) is 1. The summed E-state index contributed by atoms with van der Waals surface area (Å²) < 4.78 is 30.5. The molecule has 19 heavy (non-hydrogen) atoms. The molecule has 0 N–H and O–H groups in total. The monoisotopic (exact) mass is 269 g/mol. The van der Waals surface area contributed by atoms with E-state index in [4.69, 9.17) is 0 Å². The van der Waals surface area contributed by atoms with Gasteiger partial charge in [0, 0.05) is 25.6 Å². The number of carbonyl (C=O) groups excluding carboxylic acids is 1. The van der Waals surface area contributed by atoms with E-state index in [1.54, 1.807) is 0 Å². The van der Waals surface area contributed by atoms with Crippen LogP contribution in [0.1, 0.15) is 5.56 Å². The van der Waals surface area contributed by atoms with Crippen LogP contribution in [0.5, 0.6) is 0 Å². The van der Waals surface area contributed by atoms with E-state index in [9.17, 15) is 13.6 Å². The van der Waals surface area contributed by atoms with Gasteiger partial charge in [-0.15, -0.1) is 0 Å². The maximum absolute atomic E-state index is 13.0. The highest BCUT2D eigenvalue weighted by molar-refractivity contribution is 5.73. The van der Waals surface area contributed by atoms with E-state index in [1.807, 2.05) is 35.2 Å². The number of esters is 1. The summed E-state index contributed by atoms with van der Waals surface area (Å²) in [6.07, 6.45) is -2.50. The molecule has 1 aromatic carbocycles. The molecule has 5 heteroatoms. The molecule has 2 rings (SSSR count). The van der Waals surface area contributed by atoms with Crippen molar-refractivity contribution < 1.29 is 18.3 Å². The number of benzene rings is 1. The molecule has 0 spiro atoms. The van der Waals surface area contributed by atoms with Gasteiger partial charge in [0.2, 0.25) is 6.43 Å². The minimum atomic E-state index is -2.50. The quantitative estimate of drug-likeness (QED) is 0.785.